The molecule has 0 aliphatic heterocycles. The van der Waals surface area contributed by atoms with E-state index in [1.807, 2.05) is 18.2 Å². The third-order valence-electron chi connectivity index (χ3n) is 3.64. The predicted octanol–water partition coefficient (Wildman–Crippen LogP) is 1.55. The first-order valence-corrected chi connectivity index (χ1v) is 8.26. The zero-order valence-electron chi connectivity index (χ0n) is 15.4. The summed E-state index contributed by atoms with van der Waals surface area (Å²) < 4.78 is 21.0. The topological polar surface area (TPSA) is 60.4 Å². The van der Waals surface area contributed by atoms with Gasteiger partial charge in [-0.05, 0) is 24.1 Å². The molecule has 0 aliphatic rings. The van der Waals surface area contributed by atoms with Gasteiger partial charge in [-0.2, -0.15) is 0 Å². The van der Waals surface area contributed by atoms with E-state index >= 15 is 0 Å². The molecule has 6 heteroatoms. The molecule has 0 saturated heterocycles. The zero-order chi connectivity index (χ0) is 18.5. The molecule has 0 amide bonds. The number of hydrogen-bond donors (Lipinski definition) is 1. The lowest BCUT2D eigenvalue weighted by Crippen LogP contribution is -2.35. The van der Waals surface area contributed by atoms with Crippen LogP contribution in [0.1, 0.15) is 12.0 Å². The number of benzene rings is 1. The smallest absolute Gasteiger partial charge is 0.161 e. The van der Waals surface area contributed by atoms with E-state index in [1.54, 1.807) is 21.3 Å². The van der Waals surface area contributed by atoms with Crippen LogP contribution in [0.3, 0.4) is 0 Å². The maximum Gasteiger partial charge on any atom is 0.161 e. The number of aliphatic hydroxyl groups is 1. The molecule has 25 heavy (non-hydrogen) atoms. The Balaban J connectivity index is 2.70. The fourth-order valence-electron chi connectivity index (χ4n) is 2.51. The Labute approximate surface area is 150 Å². The highest BCUT2D eigenvalue weighted by atomic mass is 16.5. The molecule has 0 radical (unpaired) electrons. The van der Waals surface area contributed by atoms with Crippen molar-refractivity contribution in [1.29, 1.82) is 0 Å². The summed E-state index contributed by atoms with van der Waals surface area (Å²) in [4.78, 5) is 2.16. The number of hydrogen-bond acceptors (Lipinski definition) is 6. The van der Waals surface area contributed by atoms with Crippen molar-refractivity contribution in [2.24, 2.45) is 0 Å². The fourth-order valence-corrected chi connectivity index (χ4v) is 2.51. The Hall–Kier alpha value is -1.78. The highest BCUT2D eigenvalue weighted by Crippen LogP contribution is 2.28. The van der Waals surface area contributed by atoms with E-state index in [0.717, 1.165) is 18.5 Å². The average Bonchev–Trinajstić information content (AvgIpc) is 2.62. The number of methoxy groups -OCH3 is 3. The van der Waals surface area contributed by atoms with E-state index < -0.39 is 6.10 Å². The lowest BCUT2D eigenvalue weighted by molar-refractivity contribution is 0.0244. The molecule has 0 unspecified atom stereocenters. The maximum absolute atomic E-state index is 10.2. The van der Waals surface area contributed by atoms with Crippen molar-refractivity contribution in [1.82, 2.24) is 4.90 Å². The van der Waals surface area contributed by atoms with E-state index in [4.69, 9.17) is 25.4 Å². The first-order valence-electron chi connectivity index (χ1n) is 8.26. The molecular formula is C19H29NO5. The summed E-state index contributed by atoms with van der Waals surface area (Å²) in [5, 5.41) is 10.2. The Morgan fingerprint density at radius 1 is 1.20 bits per heavy atom. The Morgan fingerprint density at radius 2 is 1.96 bits per heavy atom. The van der Waals surface area contributed by atoms with Crippen molar-refractivity contribution in [3.63, 3.8) is 0 Å². The molecular weight excluding hydrogens is 322 g/mol. The normalized spacial score (nSPS) is 12.0. The minimum atomic E-state index is -0.601. The van der Waals surface area contributed by atoms with Gasteiger partial charge >= 0.3 is 0 Å². The summed E-state index contributed by atoms with van der Waals surface area (Å²) >= 11 is 0. The minimum absolute atomic E-state index is 0.205. The van der Waals surface area contributed by atoms with Crippen LogP contribution in [0, 0.1) is 12.3 Å². The van der Waals surface area contributed by atoms with Crippen LogP contribution in [0.4, 0.5) is 0 Å². The van der Waals surface area contributed by atoms with Gasteiger partial charge in [-0.3, -0.25) is 4.90 Å². The number of rotatable bonds is 13. The third-order valence-corrected chi connectivity index (χ3v) is 3.64. The number of ether oxygens (including phenoxy) is 4. The molecule has 1 atom stereocenters. The van der Waals surface area contributed by atoms with Crippen molar-refractivity contribution < 1.29 is 24.1 Å². The van der Waals surface area contributed by atoms with Crippen LogP contribution in [0.15, 0.2) is 18.2 Å². The van der Waals surface area contributed by atoms with Crippen molar-refractivity contribution in [2.75, 3.05) is 54.2 Å². The number of nitrogens with zero attached hydrogens (tertiary/aromatic N) is 1. The summed E-state index contributed by atoms with van der Waals surface area (Å²) in [6.07, 6.45) is 5.42. The van der Waals surface area contributed by atoms with Gasteiger partial charge in [0.25, 0.3) is 0 Å². The molecule has 0 aromatic heterocycles. The minimum Gasteiger partial charge on any atom is -0.493 e. The summed E-state index contributed by atoms with van der Waals surface area (Å²) in [5.41, 5.74) is 1.08. The van der Waals surface area contributed by atoms with E-state index in [2.05, 4.69) is 10.8 Å². The third kappa shape index (κ3) is 8.23. The molecule has 6 nitrogen and oxygen atoms in total. The average molecular weight is 351 g/mol. The van der Waals surface area contributed by atoms with Crippen LogP contribution in [0.2, 0.25) is 0 Å². The molecule has 0 fully saturated rings. The van der Waals surface area contributed by atoms with Crippen LogP contribution in [-0.4, -0.2) is 70.3 Å². The number of aliphatic hydroxyl groups excluding tert-OH is 1. The molecule has 1 N–H and O–H groups in total. The SMILES string of the molecule is C#CCOC[C@H](O)CN(CCCOC)Cc1ccc(OC)c(OC)c1. The molecule has 0 aliphatic carbocycles. The van der Waals surface area contributed by atoms with E-state index in [1.165, 1.54) is 0 Å². The molecule has 0 heterocycles. The maximum atomic E-state index is 10.2. The summed E-state index contributed by atoms with van der Waals surface area (Å²) in [6, 6.07) is 5.82. The standard InChI is InChI=1S/C19H29NO5/c1-5-10-25-15-17(21)14-20(9-6-11-22-2)13-16-7-8-18(23-3)19(12-16)24-4/h1,7-8,12,17,21H,6,9-11,13-15H2,2-4H3/t17-/m1/s1. The Morgan fingerprint density at radius 3 is 2.60 bits per heavy atom. The molecule has 140 valence electrons. The first kappa shape index (κ1) is 21.3. The second-order valence-electron chi connectivity index (χ2n) is 5.64. The molecule has 0 spiro atoms. The predicted molar refractivity (Wildman–Crippen MR) is 97.0 cm³/mol. The van der Waals surface area contributed by atoms with Gasteiger partial charge in [-0.1, -0.05) is 12.0 Å². The summed E-state index contributed by atoms with van der Waals surface area (Å²) in [5.74, 6) is 3.78. The van der Waals surface area contributed by atoms with E-state index in [0.29, 0.717) is 31.2 Å². The zero-order valence-corrected chi connectivity index (χ0v) is 15.4. The Bertz CT molecular complexity index is 529. The van der Waals surface area contributed by atoms with Crippen molar-refractivity contribution in [2.45, 2.75) is 19.1 Å². The Kier molecular flexibility index (Phi) is 10.7. The molecule has 1 rings (SSSR count). The van der Waals surface area contributed by atoms with Gasteiger partial charge in [-0.15, -0.1) is 6.42 Å². The molecule has 1 aromatic rings. The van der Waals surface area contributed by atoms with Crippen LogP contribution in [0.25, 0.3) is 0 Å². The van der Waals surface area contributed by atoms with Crippen molar-refractivity contribution in [3.05, 3.63) is 23.8 Å². The van der Waals surface area contributed by atoms with E-state index in [9.17, 15) is 5.11 Å². The van der Waals surface area contributed by atoms with Gasteiger partial charge in [0.15, 0.2) is 11.5 Å². The largest absolute Gasteiger partial charge is 0.493 e. The second-order valence-corrected chi connectivity index (χ2v) is 5.64. The fraction of sp³-hybridized carbons (Fsp3) is 0.579. The van der Waals surface area contributed by atoms with Crippen LogP contribution in [0.5, 0.6) is 11.5 Å². The molecule has 1 aromatic carbocycles. The first-order chi connectivity index (χ1) is 12.1. The second kappa shape index (κ2) is 12.6. The van der Waals surface area contributed by atoms with Gasteiger partial charge in [-0.25, -0.2) is 0 Å². The summed E-state index contributed by atoms with van der Waals surface area (Å²) in [6.45, 7) is 3.06. The number of terminal acetylenes is 1. The van der Waals surface area contributed by atoms with Gasteiger partial charge in [0, 0.05) is 33.4 Å². The van der Waals surface area contributed by atoms with Gasteiger partial charge < -0.3 is 24.1 Å². The van der Waals surface area contributed by atoms with Crippen LogP contribution >= 0.6 is 0 Å². The molecule has 0 saturated carbocycles. The lowest BCUT2D eigenvalue weighted by Gasteiger charge is -2.25. The molecule has 0 bridgehead atoms. The van der Waals surface area contributed by atoms with Crippen molar-refractivity contribution >= 4 is 0 Å². The van der Waals surface area contributed by atoms with Gasteiger partial charge in [0.05, 0.1) is 26.9 Å². The highest BCUT2D eigenvalue weighted by molar-refractivity contribution is 5.42. The van der Waals surface area contributed by atoms with Crippen molar-refractivity contribution in [3.8, 4) is 23.8 Å². The monoisotopic (exact) mass is 351 g/mol. The lowest BCUT2D eigenvalue weighted by atomic mass is 10.1. The highest BCUT2D eigenvalue weighted by Gasteiger charge is 2.14. The van der Waals surface area contributed by atoms with Gasteiger partial charge in [0.1, 0.15) is 6.61 Å². The van der Waals surface area contributed by atoms with Crippen LogP contribution < -0.4 is 9.47 Å². The van der Waals surface area contributed by atoms with Crippen LogP contribution in [-0.2, 0) is 16.0 Å². The quantitative estimate of drug-likeness (QED) is 0.430. The van der Waals surface area contributed by atoms with Gasteiger partial charge in [0.2, 0.25) is 0 Å². The summed E-state index contributed by atoms with van der Waals surface area (Å²) in [7, 11) is 4.91. The van der Waals surface area contributed by atoms with E-state index in [-0.39, 0.29) is 13.2 Å².